The van der Waals surface area contributed by atoms with E-state index in [9.17, 15) is 18.5 Å². The molecule has 0 aliphatic carbocycles. The molecule has 0 atom stereocenters. The minimum atomic E-state index is -3.97. The van der Waals surface area contributed by atoms with Gasteiger partial charge < -0.3 is 10.1 Å². The van der Waals surface area contributed by atoms with Crippen molar-refractivity contribution in [3.63, 3.8) is 0 Å². The lowest BCUT2D eigenvalue weighted by molar-refractivity contribution is -0.392. The van der Waals surface area contributed by atoms with Crippen LogP contribution in [0.2, 0.25) is 0 Å². The number of aromatic nitrogens is 2. The molecule has 0 saturated heterocycles. The van der Waals surface area contributed by atoms with Crippen LogP contribution in [0.15, 0.2) is 40.3 Å². The van der Waals surface area contributed by atoms with Gasteiger partial charge in [0.15, 0.2) is 0 Å². The van der Waals surface area contributed by atoms with E-state index in [1.807, 2.05) is 0 Å². The predicted molar refractivity (Wildman–Crippen MR) is 66.5 cm³/mol. The molecule has 0 amide bonds. The molecule has 1 aromatic heterocycles. The Kier molecular flexibility index (Phi) is 3.11. The van der Waals surface area contributed by atoms with Gasteiger partial charge in [0.05, 0.1) is 4.90 Å². The van der Waals surface area contributed by atoms with Crippen LogP contribution in [0.1, 0.15) is 5.82 Å². The van der Waals surface area contributed by atoms with Crippen molar-refractivity contribution < 1.29 is 13.3 Å². The molecule has 0 aliphatic rings. The summed E-state index contributed by atoms with van der Waals surface area (Å²) in [5.41, 5.74) is 0. The van der Waals surface area contributed by atoms with Gasteiger partial charge in [-0.1, -0.05) is 18.2 Å². The molecule has 0 unspecified atom stereocenters. The Morgan fingerprint density at radius 1 is 1.26 bits per heavy atom. The van der Waals surface area contributed by atoms with Crippen LogP contribution in [0.4, 0.5) is 5.82 Å². The van der Waals surface area contributed by atoms with E-state index >= 15 is 0 Å². The Balaban J connectivity index is 2.75. The molecular weight excluding hydrogens is 270 g/mol. The Hall–Kier alpha value is -2.22. The fourth-order valence-corrected chi connectivity index (χ4v) is 3.30. The molecule has 8 heteroatoms. The molecule has 0 spiro atoms. The standard InChI is InChI=1S/C11H11N3O4S/c1-8-12-10(14(15)16)11(13(8)2)19(17,18)9-6-4-3-5-7-9/h3-7H,1-2H3. The van der Waals surface area contributed by atoms with Gasteiger partial charge >= 0.3 is 5.82 Å². The van der Waals surface area contributed by atoms with Gasteiger partial charge in [-0.05, 0) is 22.0 Å². The molecule has 1 aromatic carbocycles. The van der Waals surface area contributed by atoms with Crippen LogP contribution in [0.3, 0.4) is 0 Å². The number of nitro groups is 1. The Morgan fingerprint density at radius 3 is 2.37 bits per heavy atom. The van der Waals surface area contributed by atoms with E-state index in [-0.39, 0.29) is 10.7 Å². The summed E-state index contributed by atoms with van der Waals surface area (Å²) < 4.78 is 26.1. The number of benzene rings is 1. The van der Waals surface area contributed by atoms with Crippen LogP contribution in [0.25, 0.3) is 0 Å². The van der Waals surface area contributed by atoms with E-state index < -0.39 is 25.6 Å². The second-order valence-corrected chi connectivity index (χ2v) is 5.79. The van der Waals surface area contributed by atoms with E-state index in [1.165, 1.54) is 30.7 Å². The molecule has 19 heavy (non-hydrogen) atoms. The van der Waals surface area contributed by atoms with Gasteiger partial charge in [0.1, 0.15) is 0 Å². The lowest BCUT2D eigenvalue weighted by atomic mass is 10.4. The average molecular weight is 281 g/mol. The van der Waals surface area contributed by atoms with Gasteiger partial charge in [0.2, 0.25) is 20.7 Å². The normalized spacial score (nSPS) is 11.5. The summed E-state index contributed by atoms with van der Waals surface area (Å²) in [6.45, 7) is 1.51. The fraction of sp³-hybridized carbons (Fsp3) is 0.182. The second kappa shape index (κ2) is 4.47. The highest BCUT2D eigenvalue weighted by Crippen LogP contribution is 2.28. The summed E-state index contributed by atoms with van der Waals surface area (Å²) in [5.74, 6) is -0.384. The van der Waals surface area contributed by atoms with Crippen LogP contribution in [0.5, 0.6) is 0 Å². The maximum Gasteiger partial charge on any atom is 0.401 e. The second-order valence-electron chi connectivity index (χ2n) is 3.92. The number of sulfone groups is 1. The average Bonchev–Trinajstić information content (AvgIpc) is 2.68. The third-order valence-corrected chi connectivity index (χ3v) is 4.59. The van der Waals surface area contributed by atoms with Crippen molar-refractivity contribution in [1.82, 2.24) is 9.55 Å². The Labute approximate surface area is 109 Å². The first-order valence-electron chi connectivity index (χ1n) is 5.33. The highest BCUT2D eigenvalue weighted by molar-refractivity contribution is 7.91. The van der Waals surface area contributed by atoms with Gasteiger partial charge in [-0.2, -0.15) is 0 Å². The molecule has 7 nitrogen and oxygen atoms in total. The molecule has 0 aliphatic heterocycles. The molecule has 0 radical (unpaired) electrons. The molecular formula is C11H11N3O4S. The highest BCUT2D eigenvalue weighted by atomic mass is 32.2. The molecule has 2 aromatic rings. The van der Waals surface area contributed by atoms with Crippen molar-refractivity contribution in [2.45, 2.75) is 16.8 Å². The SMILES string of the molecule is Cc1nc([N+](=O)[O-])c(S(=O)(=O)c2ccccc2)n1C. The summed E-state index contributed by atoms with van der Waals surface area (Å²) in [7, 11) is -2.53. The minimum absolute atomic E-state index is 0.00102. The van der Waals surface area contributed by atoms with Crippen molar-refractivity contribution in [2.75, 3.05) is 0 Å². The van der Waals surface area contributed by atoms with Crippen LogP contribution < -0.4 is 0 Å². The molecule has 0 bridgehead atoms. The fourth-order valence-electron chi connectivity index (χ4n) is 1.70. The van der Waals surface area contributed by atoms with Crippen molar-refractivity contribution in [2.24, 2.45) is 7.05 Å². The van der Waals surface area contributed by atoms with Crippen molar-refractivity contribution in [1.29, 1.82) is 0 Å². The summed E-state index contributed by atoms with van der Waals surface area (Å²) in [5, 5.41) is 10.5. The van der Waals surface area contributed by atoms with Crippen molar-refractivity contribution in [3.8, 4) is 0 Å². The highest BCUT2D eigenvalue weighted by Gasteiger charge is 2.34. The van der Waals surface area contributed by atoms with Gasteiger partial charge in [-0.3, -0.25) is 4.57 Å². The largest absolute Gasteiger partial charge is 0.401 e. The van der Waals surface area contributed by atoms with E-state index in [0.29, 0.717) is 0 Å². The summed E-state index contributed by atoms with van der Waals surface area (Å²) in [6.07, 6.45) is 0. The molecule has 0 saturated carbocycles. The van der Waals surface area contributed by atoms with E-state index in [1.54, 1.807) is 18.2 Å². The first-order valence-corrected chi connectivity index (χ1v) is 6.82. The smallest absolute Gasteiger partial charge is 0.358 e. The topological polar surface area (TPSA) is 95.1 Å². The van der Waals surface area contributed by atoms with Crippen LogP contribution >= 0.6 is 0 Å². The van der Waals surface area contributed by atoms with Gasteiger partial charge in [-0.15, -0.1) is 0 Å². The maximum atomic E-state index is 12.4. The van der Waals surface area contributed by atoms with E-state index in [2.05, 4.69) is 4.98 Å². The molecule has 100 valence electrons. The van der Waals surface area contributed by atoms with E-state index in [0.717, 1.165) is 0 Å². The maximum absolute atomic E-state index is 12.4. The number of imidazole rings is 1. The number of hydrogen-bond acceptors (Lipinski definition) is 5. The Morgan fingerprint density at radius 2 is 1.84 bits per heavy atom. The third-order valence-electron chi connectivity index (χ3n) is 2.73. The van der Waals surface area contributed by atoms with Crippen LogP contribution in [-0.4, -0.2) is 22.9 Å². The number of hydrogen-bond donors (Lipinski definition) is 0. The summed E-state index contributed by atoms with van der Waals surface area (Å²) in [6, 6.07) is 7.56. The Bertz CT molecular complexity index is 735. The van der Waals surface area contributed by atoms with Crippen LogP contribution in [-0.2, 0) is 16.9 Å². The minimum Gasteiger partial charge on any atom is -0.358 e. The first kappa shape index (κ1) is 13.2. The molecule has 2 rings (SSSR count). The third kappa shape index (κ3) is 2.10. The number of rotatable bonds is 3. The van der Waals surface area contributed by atoms with Gasteiger partial charge in [0.25, 0.3) is 0 Å². The van der Waals surface area contributed by atoms with Crippen LogP contribution in [0, 0.1) is 17.0 Å². The zero-order valence-corrected chi connectivity index (χ0v) is 11.1. The molecule has 1 heterocycles. The predicted octanol–water partition coefficient (Wildman–Crippen LogP) is 1.47. The number of aryl methyl sites for hydroxylation is 1. The summed E-state index contributed by atoms with van der Waals surface area (Å²) >= 11 is 0. The quantitative estimate of drug-likeness (QED) is 0.627. The summed E-state index contributed by atoms with van der Waals surface area (Å²) in [4.78, 5) is 13.8. The van der Waals surface area contributed by atoms with Crippen molar-refractivity contribution >= 4 is 15.7 Å². The van der Waals surface area contributed by atoms with Crippen molar-refractivity contribution in [3.05, 3.63) is 46.3 Å². The van der Waals surface area contributed by atoms with Gasteiger partial charge in [-0.25, -0.2) is 8.42 Å². The first-order chi connectivity index (χ1) is 8.85. The molecule has 0 fully saturated rings. The monoisotopic (exact) mass is 281 g/mol. The lowest BCUT2D eigenvalue weighted by Crippen LogP contribution is -2.10. The lowest BCUT2D eigenvalue weighted by Gasteiger charge is -2.04. The zero-order chi connectivity index (χ0) is 14.2. The van der Waals surface area contributed by atoms with E-state index in [4.69, 9.17) is 0 Å². The van der Waals surface area contributed by atoms with Gasteiger partial charge in [0, 0.05) is 14.0 Å². The number of nitrogens with zero attached hydrogens (tertiary/aromatic N) is 3. The molecule has 0 N–H and O–H groups in total. The zero-order valence-electron chi connectivity index (χ0n) is 10.3.